The maximum absolute atomic E-state index is 12.0. The smallest absolute Gasteiger partial charge is 0.227 e. The van der Waals surface area contributed by atoms with E-state index >= 15 is 0 Å². The number of aliphatic hydroxyl groups excluding tert-OH is 1. The van der Waals surface area contributed by atoms with E-state index in [-0.39, 0.29) is 12.0 Å². The van der Waals surface area contributed by atoms with Crippen LogP contribution in [0.2, 0.25) is 0 Å². The van der Waals surface area contributed by atoms with Gasteiger partial charge in [-0.3, -0.25) is 4.79 Å². The number of piperidine rings is 1. The fourth-order valence-corrected chi connectivity index (χ4v) is 2.17. The third kappa shape index (κ3) is 3.30. The van der Waals surface area contributed by atoms with Crippen LogP contribution in [0.1, 0.15) is 24.0 Å². The summed E-state index contributed by atoms with van der Waals surface area (Å²) in [5.41, 5.74) is 2.25. The Morgan fingerprint density at radius 2 is 2.12 bits per heavy atom. The topological polar surface area (TPSA) is 40.5 Å². The lowest BCUT2D eigenvalue weighted by atomic mass is 10.1. The summed E-state index contributed by atoms with van der Waals surface area (Å²) < 4.78 is 0. The number of hydrogen-bond donors (Lipinski definition) is 1. The van der Waals surface area contributed by atoms with Crippen LogP contribution in [0.3, 0.4) is 0 Å². The molecule has 1 amide bonds. The van der Waals surface area contributed by atoms with Gasteiger partial charge >= 0.3 is 0 Å². The molecule has 1 saturated heterocycles. The van der Waals surface area contributed by atoms with Gasteiger partial charge in [0.2, 0.25) is 5.91 Å². The van der Waals surface area contributed by atoms with Crippen molar-refractivity contribution in [1.82, 2.24) is 4.90 Å². The summed E-state index contributed by atoms with van der Waals surface area (Å²) in [5, 5.41) is 9.54. The van der Waals surface area contributed by atoms with Crippen molar-refractivity contribution in [2.75, 3.05) is 13.1 Å². The lowest BCUT2D eigenvalue weighted by Crippen LogP contribution is -2.42. The Balaban J connectivity index is 1.94. The molecule has 0 bridgehead atoms. The fraction of sp³-hybridized carbons (Fsp3) is 0.500. The maximum atomic E-state index is 12.0. The molecule has 1 aliphatic heterocycles. The predicted octanol–water partition coefficient (Wildman–Crippen LogP) is 1.52. The highest BCUT2D eigenvalue weighted by Gasteiger charge is 2.21. The van der Waals surface area contributed by atoms with E-state index in [0.29, 0.717) is 13.0 Å². The van der Waals surface area contributed by atoms with Crippen LogP contribution >= 0.6 is 0 Å². The minimum Gasteiger partial charge on any atom is -0.391 e. The van der Waals surface area contributed by atoms with Gasteiger partial charge in [0, 0.05) is 13.1 Å². The lowest BCUT2D eigenvalue weighted by Gasteiger charge is -2.30. The lowest BCUT2D eigenvalue weighted by molar-refractivity contribution is -0.133. The molecule has 0 unspecified atom stereocenters. The molecular formula is C14H19NO2. The molecule has 0 aliphatic carbocycles. The van der Waals surface area contributed by atoms with Gasteiger partial charge in [0.25, 0.3) is 0 Å². The second kappa shape index (κ2) is 5.32. The van der Waals surface area contributed by atoms with Crippen LogP contribution in [0.4, 0.5) is 0 Å². The van der Waals surface area contributed by atoms with E-state index in [1.807, 2.05) is 31.2 Å². The Hall–Kier alpha value is -1.35. The molecule has 1 heterocycles. The Labute approximate surface area is 102 Å². The van der Waals surface area contributed by atoms with Crippen LogP contribution < -0.4 is 0 Å². The zero-order valence-corrected chi connectivity index (χ0v) is 10.2. The monoisotopic (exact) mass is 233 g/mol. The van der Waals surface area contributed by atoms with E-state index < -0.39 is 0 Å². The van der Waals surface area contributed by atoms with E-state index in [9.17, 15) is 9.90 Å². The van der Waals surface area contributed by atoms with E-state index in [4.69, 9.17) is 0 Å². The molecule has 0 radical (unpaired) electrons. The van der Waals surface area contributed by atoms with Crippen LogP contribution in [0.15, 0.2) is 24.3 Å². The van der Waals surface area contributed by atoms with Gasteiger partial charge in [-0.25, -0.2) is 0 Å². The average molecular weight is 233 g/mol. The van der Waals surface area contributed by atoms with Gasteiger partial charge < -0.3 is 10.0 Å². The number of β-amino-alcohol motifs (C(OH)–C–C–N with tert-alkyl or cyclic N) is 1. The van der Waals surface area contributed by atoms with Gasteiger partial charge in [-0.05, 0) is 25.3 Å². The average Bonchev–Trinajstić information content (AvgIpc) is 2.32. The van der Waals surface area contributed by atoms with E-state index in [0.717, 1.165) is 24.9 Å². The molecule has 1 aromatic rings. The first-order chi connectivity index (χ1) is 8.15. The normalized spacial score (nSPS) is 20.4. The molecule has 1 aromatic carbocycles. The van der Waals surface area contributed by atoms with Crippen molar-refractivity contribution >= 4 is 5.91 Å². The number of carbonyl (C=O) groups excluding carboxylic acids is 1. The molecule has 1 N–H and O–H groups in total. The summed E-state index contributed by atoms with van der Waals surface area (Å²) in [4.78, 5) is 13.8. The van der Waals surface area contributed by atoms with Crippen molar-refractivity contribution in [1.29, 1.82) is 0 Å². The highest BCUT2D eigenvalue weighted by molar-refractivity contribution is 5.78. The molecule has 1 atom stereocenters. The second-order valence-electron chi connectivity index (χ2n) is 4.80. The highest BCUT2D eigenvalue weighted by atomic mass is 16.3. The highest BCUT2D eigenvalue weighted by Crippen LogP contribution is 2.12. The number of rotatable bonds is 2. The van der Waals surface area contributed by atoms with Crippen molar-refractivity contribution in [2.45, 2.75) is 32.3 Å². The summed E-state index contributed by atoms with van der Waals surface area (Å²) in [5.74, 6) is 0.118. The molecule has 0 spiro atoms. The number of likely N-dealkylation sites (tertiary alicyclic amines) is 1. The zero-order chi connectivity index (χ0) is 12.3. The van der Waals surface area contributed by atoms with Crippen LogP contribution in [0.5, 0.6) is 0 Å². The Morgan fingerprint density at radius 1 is 1.41 bits per heavy atom. The number of aryl methyl sites for hydroxylation is 1. The summed E-state index contributed by atoms with van der Waals surface area (Å²) >= 11 is 0. The molecular weight excluding hydrogens is 214 g/mol. The number of nitrogens with zero attached hydrogens (tertiary/aromatic N) is 1. The van der Waals surface area contributed by atoms with Crippen molar-refractivity contribution < 1.29 is 9.90 Å². The van der Waals surface area contributed by atoms with Gasteiger partial charge in [0.1, 0.15) is 0 Å². The van der Waals surface area contributed by atoms with Crippen LogP contribution in [0.25, 0.3) is 0 Å². The quantitative estimate of drug-likeness (QED) is 0.841. The molecule has 92 valence electrons. The minimum absolute atomic E-state index is 0.118. The summed E-state index contributed by atoms with van der Waals surface area (Å²) in [6, 6.07) is 8.03. The van der Waals surface area contributed by atoms with Gasteiger partial charge in [0.05, 0.1) is 12.5 Å². The van der Waals surface area contributed by atoms with E-state index in [2.05, 4.69) is 0 Å². The Morgan fingerprint density at radius 3 is 2.76 bits per heavy atom. The Bertz CT molecular complexity index is 386. The molecule has 0 aromatic heterocycles. The Kier molecular flexibility index (Phi) is 3.79. The molecule has 3 nitrogen and oxygen atoms in total. The van der Waals surface area contributed by atoms with Gasteiger partial charge in [-0.15, -0.1) is 0 Å². The standard InChI is InChI=1S/C14H19NO2/c1-11-4-6-12(7-5-11)9-14(17)15-8-2-3-13(16)10-15/h4-7,13,16H,2-3,8-10H2,1H3/t13-/m0/s1. The second-order valence-corrected chi connectivity index (χ2v) is 4.80. The van der Waals surface area contributed by atoms with Crippen molar-refractivity contribution in [3.8, 4) is 0 Å². The fourth-order valence-electron chi connectivity index (χ4n) is 2.17. The number of hydrogen-bond acceptors (Lipinski definition) is 2. The molecule has 2 rings (SSSR count). The molecule has 1 fully saturated rings. The van der Waals surface area contributed by atoms with Gasteiger partial charge in [-0.1, -0.05) is 29.8 Å². The first-order valence-corrected chi connectivity index (χ1v) is 6.16. The SMILES string of the molecule is Cc1ccc(CC(=O)N2CCC[C@H](O)C2)cc1. The zero-order valence-electron chi connectivity index (χ0n) is 10.2. The third-order valence-electron chi connectivity index (χ3n) is 3.23. The first kappa shape index (κ1) is 12.1. The molecule has 1 aliphatic rings. The van der Waals surface area contributed by atoms with E-state index in [1.54, 1.807) is 4.90 Å². The van der Waals surface area contributed by atoms with E-state index in [1.165, 1.54) is 5.56 Å². The molecule has 3 heteroatoms. The number of benzene rings is 1. The van der Waals surface area contributed by atoms with Crippen molar-refractivity contribution in [2.24, 2.45) is 0 Å². The van der Waals surface area contributed by atoms with Gasteiger partial charge in [-0.2, -0.15) is 0 Å². The third-order valence-corrected chi connectivity index (χ3v) is 3.23. The maximum Gasteiger partial charge on any atom is 0.227 e. The molecule has 17 heavy (non-hydrogen) atoms. The first-order valence-electron chi connectivity index (χ1n) is 6.16. The van der Waals surface area contributed by atoms with Gasteiger partial charge in [0.15, 0.2) is 0 Å². The minimum atomic E-state index is -0.342. The van der Waals surface area contributed by atoms with Crippen LogP contribution in [0, 0.1) is 6.92 Å². The predicted molar refractivity (Wildman–Crippen MR) is 66.7 cm³/mol. The van der Waals surface area contributed by atoms with Crippen LogP contribution in [-0.2, 0) is 11.2 Å². The number of carbonyl (C=O) groups is 1. The molecule has 0 saturated carbocycles. The summed E-state index contributed by atoms with van der Waals surface area (Å²) in [6.45, 7) is 3.30. The van der Waals surface area contributed by atoms with Crippen molar-refractivity contribution in [3.05, 3.63) is 35.4 Å². The summed E-state index contributed by atoms with van der Waals surface area (Å²) in [7, 11) is 0. The summed E-state index contributed by atoms with van der Waals surface area (Å²) in [6.07, 6.45) is 1.81. The number of aliphatic hydroxyl groups is 1. The number of amides is 1. The van der Waals surface area contributed by atoms with Crippen LogP contribution in [-0.4, -0.2) is 35.1 Å². The van der Waals surface area contributed by atoms with Crippen molar-refractivity contribution in [3.63, 3.8) is 0 Å². The largest absolute Gasteiger partial charge is 0.391 e.